The van der Waals surface area contributed by atoms with Gasteiger partial charge in [0.1, 0.15) is 17.2 Å². The summed E-state index contributed by atoms with van der Waals surface area (Å²) < 4.78 is 12.2. The molecule has 1 aromatic heterocycles. The molecule has 1 fully saturated rings. The zero-order valence-electron chi connectivity index (χ0n) is 12.9. The van der Waals surface area contributed by atoms with Gasteiger partial charge < -0.3 is 14.8 Å². The van der Waals surface area contributed by atoms with Crippen LogP contribution in [0.25, 0.3) is 11.3 Å². The molecule has 1 amide bonds. The van der Waals surface area contributed by atoms with E-state index in [9.17, 15) is 4.79 Å². The Bertz CT molecular complexity index is 705. The number of hydrogen-bond donors (Lipinski definition) is 1. The third kappa shape index (κ3) is 2.77. The van der Waals surface area contributed by atoms with Crippen LogP contribution in [0.5, 0.6) is 11.5 Å². The van der Waals surface area contributed by atoms with Crippen molar-refractivity contribution in [1.29, 1.82) is 0 Å². The average Bonchev–Trinajstić information content (AvgIpc) is 3.26. The second-order valence-electron chi connectivity index (χ2n) is 5.35. The molecule has 6 nitrogen and oxygen atoms in total. The molecular formula is C16H19N3O3. The van der Waals surface area contributed by atoms with Crippen molar-refractivity contribution >= 4 is 5.91 Å². The first-order valence-corrected chi connectivity index (χ1v) is 7.19. The van der Waals surface area contributed by atoms with Gasteiger partial charge in [0, 0.05) is 24.7 Å². The molecule has 1 N–H and O–H groups in total. The lowest BCUT2D eigenvalue weighted by atomic mass is 10.1. The number of aromatic nitrogens is 2. The van der Waals surface area contributed by atoms with Crippen LogP contribution in [0.4, 0.5) is 0 Å². The van der Waals surface area contributed by atoms with Crippen molar-refractivity contribution in [3.8, 4) is 22.8 Å². The van der Waals surface area contributed by atoms with Crippen molar-refractivity contribution in [3.63, 3.8) is 0 Å². The summed E-state index contributed by atoms with van der Waals surface area (Å²) in [7, 11) is 4.97. The maximum atomic E-state index is 12.2. The Kier molecular flexibility index (Phi) is 3.75. The average molecular weight is 301 g/mol. The maximum Gasteiger partial charge on any atom is 0.269 e. The van der Waals surface area contributed by atoms with Crippen LogP contribution in [0, 0.1) is 0 Å². The van der Waals surface area contributed by atoms with Gasteiger partial charge in [0.15, 0.2) is 0 Å². The van der Waals surface area contributed by atoms with Crippen LogP contribution in [-0.2, 0) is 7.05 Å². The number of rotatable bonds is 5. The monoisotopic (exact) mass is 301 g/mol. The van der Waals surface area contributed by atoms with Gasteiger partial charge >= 0.3 is 0 Å². The van der Waals surface area contributed by atoms with Gasteiger partial charge in [0.25, 0.3) is 5.91 Å². The predicted octanol–water partition coefficient (Wildman–Crippen LogP) is 2.00. The Balaban J connectivity index is 1.93. The van der Waals surface area contributed by atoms with Crippen molar-refractivity contribution in [3.05, 3.63) is 30.0 Å². The minimum Gasteiger partial charge on any atom is -0.497 e. The first-order chi connectivity index (χ1) is 10.6. The van der Waals surface area contributed by atoms with Crippen LogP contribution >= 0.6 is 0 Å². The molecule has 0 saturated heterocycles. The molecule has 0 radical (unpaired) electrons. The lowest BCUT2D eigenvalue weighted by Crippen LogP contribution is -2.27. The molecule has 6 heteroatoms. The highest BCUT2D eigenvalue weighted by Gasteiger charge is 2.25. The Morgan fingerprint density at radius 3 is 2.68 bits per heavy atom. The first kappa shape index (κ1) is 14.4. The molecule has 0 unspecified atom stereocenters. The van der Waals surface area contributed by atoms with Gasteiger partial charge in [-0.05, 0) is 31.0 Å². The minimum atomic E-state index is -0.0868. The van der Waals surface area contributed by atoms with Crippen molar-refractivity contribution in [1.82, 2.24) is 15.1 Å². The van der Waals surface area contributed by atoms with Crippen LogP contribution in [0.3, 0.4) is 0 Å². The fourth-order valence-electron chi connectivity index (χ4n) is 2.31. The van der Waals surface area contributed by atoms with E-state index in [0.29, 0.717) is 28.9 Å². The lowest BCUT2D eigenvalue weighted by molar-refractivity contribution is 0.0941. The summed E-state index contributed by atoms with van der Waals surface area (Å²) in [4.78, 5) is 12.2. The van der Waals surface area contributed by atoms with Crippen LogP contribution < -0.4 is 14.8 Å². The molecule has 0 spiro atoms. The number of amides is 1. The van der Waals surface area contributed by atoms with Crippen molar-refractivity contribution in [2.45, 2.75) is 18.9 Å². The van der Waals surface area contributed by atoms with Crippen LogP contribution in [0.15, 0.2) is 24.3 Å². The Morgan fingerprint density at radius 2 is 2.05 bits per heavy atom. The number of carbonyl (C=O) groups excluding carboxylic acids is 1. The molecule has 3 rings (SSSR count). The van der Waals surface area contributed by atoms with Crippen LogP contribution in [-0.4, -0.2) is 35.9 Å². The SMILES string of the molecule is COc1ccc(-c2cc(C(=O)NC3CC3)n(C)n2)c(OC)c1. The van der Waals surface area contributed by atoms with Crippen LogP contribution in [0.1, 0.15) is 23.3 Å². The topological polar surface area (TPSA) is 65.4 Å². The van der Waals surface area contributed by atoms with Crippen molar-refractivity contribution < 1.29 is 14.3 Å². The molecule has 2 aromatic rings. The zero-order chi connectivity index (χ0) is 15.7. The number of benzene rings is 1. The molecule has 1 aromatic carbocycles. The maximum absolute atomic E-state index is 12.2. The molecule has 0 aliphatic heterocycles. The molecule has 116 valence electrons. The van der Waals surface area contributed by atoms with E-state index in [1.807, 2.05) is 12.1 Å². The van der Waals surface area contributed by atoms with Gasteiger partial charge in [0.2, 0.25) is 0 Å². The van der Waals surface area contributed by atoms with E-state index >= 15 is 0 Å². The molecule has 22 heavy (non-hydrogen) atoms. The highest BCUT2D eigenvalue weighted by atomic mass is 16.5. The summed E-state index contributed by atoms with van der Waals surface area (Å²) in [5, 5.41) is 7.40. The molecular weight excluding hydrogens is 282 g/mol. The molecule has 0 bridgehead atoms. The van der Waals surface area contributed by atoms with Gasteiger partial charge in [-0.15, -0.1) is 0 Å². The van der Waals surface area contributed by atoms with Crippen LogP contribution in [0.2, 0.25) is 0 Å². The first-order valence-electron chi connectivity index (χ1n) is 7.19. The van der Waals surface area contributed by atoms with Crippen molar-refractivity contribution in [2.24, 2.45) is 7.05 Å². The second kappa shape index (κ2) is 5.71. The summed E-state index contributed by atoms with van der Waals surface area (Å²) >= 11 is 0. The van der Waals surface area contributed by atoms with Gasteiger partial charge in [-0.3, -0.25) is 9.48 Å². The van der Waals surface area contributed by atoms with Gasteiger partial charge in [-0.1, -0.05) is 0 Å². The largest absolute Gasteiger partial charge is 0.497 e. The quantitative estimate of drug-likeness (QED) is 0.917. The summed E-state index contributed by atoms with van der Waals surface area (Å²) in [6.45, 7) is 0. The Labute approximate surface area is 129 Å². The molecule has 1 saturated carbocycles. The van der Waals surface area contributed by atoms with E-state index in [0.717, 1.165) is 18.4 Å². The molecule has 1 aliphatic carbocycles. The standard InChI is InChI=1S/C16H19N3O3/c1-19-14(16(20)17-10-4-5-10)9-13(18-19)12-7-6-11(21-2)8-15(12)22-3/h6-10H,4-5H2,1-3H3,(H,17,20). The third-order valence-electron chi connectivity index (χ3n) is 3.71. The number of carbonyl (C=O) groups is 1. The molecule has 1 aliphatic rings. The van der Waals surface area contributed by atoms with E-state index in [2.05, 4.69) is 10.4 Å². The summed E-state index contributed by atoms with van der Waals surface area (Å²) in [5.41, 5.74) is 2.06. The summed E-state index contributed by atoms with van der Waals surface area (Å²) in [6, 6.07) is 7.62. The number of hydrogen-bond acceptors (Lipinski definition) is 4. The van der Waals surface area contributed by atoms with Gasteiger partial charge in [0.05, 0.1) is 19.9 Å². The van der Waals surface area contributed by atoms with E-state index in [-0.39, 0.29) is 5.91 Å². The smallest absolute Gasteiger partial charge is 0.269 e. The number of nitrogens with one attached hydrogen (secondary N) is 1. The molecule has 0 atom stereocenters. The van der Waals surface area contributed by atoms with E-state index in [4.69, 9.17) is 9.47 Å². The second-order valence-corrected chi connectivity index (χ2v) is 5.35. The number of methoxy groups -OCH3 is 2. The van der Waals surface area contributed by atoms with E-state index in [1.165, 1.54) is 0 Å². The number of aryl methyl sites for hydroxylation is 1. The lowest BCUT2D eigenvalue weighted by Gasteiger charge is -2.08. The fraction of sp³-hybridized carbons (Fsp3) is 0.375. The summed E-state index contributed by atoms with van der Waals surface area (Å²) in [6.07, 6.45) is 2.12. The summed E-state index contributed by atoms with van der Waals surface area (Å²) in [5.74, 6) is 1.28. The molecule has 1 heterocycles. The zero-order valence-corrected chi connectivity index (χ0v) is 12.9. The third-order valence-corrected chi connectivity index (χ3v) is 3.71. The van der Waals surface area contributed by atoms with Crippen molar-refractivity contribution in [2.75, 3.05) is 14.2 Å². The normalized spacial score (nSPS) is 13.8. The number of ether oxygens (including phenoxy) is 2. The predicted molar refractivity (Wildman–Crippen MR) is 82.2 cm³/mol. The van der Waals surface area contributed by atoms with E-state index < -0.39 is 0 Å². The fourth-order valence-corrected chi connectivity index (χ4v) is 2.31. The Hall–Kier alpha value is -2.50. The highest BCUT2D eigenvalue weighted by Crippen LogP contribution is 2.32. The minimum absolute atomic E-state index is 0.0868. The Morgan fingerprint density at radius 1 is 1.27 bits per heavy atom. The van der Waals surface area contributed by atoms with Gasteiger partial charge in [-0.2, -0.15) is 5.10 Å². The highest BCUT2D eigenvalue weighted by molar-refractivity contribution is 5.94. The van der Waals surface area contributed by atoms with E-state index in [1.54, 1.807) is 38.1 Å². The van der Waals surface area contributed by atoms with Gasteiger partial charge in [-0.25, -0.2) is 0 Å². The number of nitrogens with zero attached hydrogens (tertiary/aromatic N) is 2.